The fourth-order valence-corrected chi connectivity index (χ4v) is 2.36. The highest BCUT2D eigenvalue weighted by Crippen LogP contribution is 2.32. The summed E-state index contributed by atoms with van der Waals surface area (Å²) in [5.41, 5.74) is 0.957. The van der Waals surface area contributed by atoms with Gasteiger partial charge in [0.25, 0.3) is 0 Å². The lowest BCUT2D eigenvalue weighted by atomic mass is 10.2. The molecule has 0 spiro atoms. The highest BCUT2D eigenvalue weighted by Gasteiger charge is 2.20. The van der Waals surface area contributed by atoms with Crippen LogP contribution in [0.5, 0.6) is 11.5 Å². The van der Waals surface area contributed by atoms with Crippen molar-refractivity contribution in [3.63, 3.8) is 0 Å². The van der Waals surface area contributed by atoms with Gasteiger partial charge in [0.15, 0.2) is 17.5 Å². The second kappa shape index (κ2) is 6.70. The van der Waals surface area contributed by atoms with E-state index in [1.54, 1.807) is 7.05 Å². The Bertz CT molecular complexity index is 512. The van der Waals surface area contributed by atoms with E-state index in [9.17, 15) is 0 Å². The number of rotatable bonds is 4. The Labute approximate surface area is 125 Å². The number of nitrogens with one attached hydrogen (secondary N) is 2. The minimum Gasteiger partial charge on any atom is -0.490 e. The largest absolute Gasteiger partial charge is 0.490 e. The monoisotopic (exact) mass is 289 g/mol. The third kappa shape index (κ3) is 4.03. The zero-order chi connectivity index (χ0) is 14.5. The second-order valence-corrected chi connectivity index (χ2v) is 5.57. The lowest BCUT2D eigenvalue weighted by molar-refractivity contribution is 0.297. The van der Waals surface area contributed by atoms with E-state index in [1.807, 2.05) is 18.2 Å². The molecule has 0 bridgehead atoms. The van der Waals surface area contributed by atoms with Gasteiger partial charge in [-0.1, -0.05) is 12.8 Å². The topological polar surface area (TPSA) is 54.9 Å². The first kappa shape index (κ1) is 14.0. The van der Waals surface area contributed by atoms with Gasteiger partial charge < -0.3 is 20.1 Å². The molecule has 0 atom stereocenters. The predicted molar refractivity (Wildman–Crippen MR) is 84.4 cm³/mol. The van der Waals surface area contributed by atoms with Crippen molar-refractivity contribution in [2.75, 3.05) is 32.1 Å². The number of hydrogen-bond acceptors (Lipinski definition) is 3. The van der Waals surface area contributed by atoms with E-state index in [2.05, 4.69) is 15.6 Å². The minimum absolute atomic E-state index is 0.699. The molecule has 1 aliphatic heterocycles. The van der Waals surface area contributed by atoms with Crippen LogP contribution in [0.4, 0.5) is 5.69 Å². The summed E-state index contributed by atoms with van der Waals surface area (Å²) in [6, 6.07) is 5.90. The van der Waals surface area contributed by atoms with Gasteiger partial charge in [0.05, 0.1) is 13.2 Å². The van der Waals surface area contributed by atoms with Crippen molar-refractivity contribution in [3.8, 4) is 11.5 Å². The van der Waals surface area contributed by atoms with Gasteiger partial charge in [-0.25, -0.2) is 0 Å². The summed E-state index contributed by atoms with van der Waals surface area (Å²) >= 11 is 0. The van der Waals surface area contributed by atoms with Gasteiger partial charge in [0.1, 0.15) is 0 Å². The molecule has 3 rings (SSSR count). The highest BCUT2D eigenvalue weighted by molar-refractivity contribution is 5.93. The lowest BCUT2D eigenvalue weighted by Gasteiger charge is -2.13. The first-order chi connectivity index (χ1) is 10.3. The van der Waals surface area contributed by atoms with Crippen LogP contribution in [0.25, 0.3) is 0 Å². The molecule has 0 saturated heterocycles. The van der Waals surface area contributed by atoms with Gasteiger partial charge in [0, 0.05) is 31.8 Å². The molecule has 5 nitrogen and oxygen atoms in total. The lowest BCUT2D eigenvalue weighted by Crippen LogP contribution is -2.31. The van der Waals surface area contributed by atoms with Gasteiger partial charge in [-0.05, 0) is 24.5 Å². The van der Waals surface area contributed by atoms with Gasteiger partial charge in [0.2, 0.25) is 0 Å². The Morgan fingerprint density at radius 3 is 2.81 bits per heavy atom. The van der Waals surface area contributed by atoms with E-state index in [4.69, 9.17) is 9.47 Å². The van der Waals surface area contributed by atoms with Crippen LogP contribution in [-0.2, 0) is 0 Å². The Morgan fingerprint density at radius 1 is 1.24 bits per heavy atom. The molecule has 0 aromatic heterocycles. The molecule has 0 radical (unpaired) electrons. The van der Waals surface area contributed by atoms with Gasteiger partial charge in [-0.15, -0.1) is 0 Å². The zero-order valence-corrected chi connectivity index (χ0v) is 12.5. The third-order valence-corrected chi connectivity index (χ3v) is 3.78. The molecule has 1 fully saturated rings. The predicted octanol–water partition coefficient (Wildman–Crippen LogP) is 2.64. The molecule has 0 amide bonds. The van der Waals surface area contributed by atoms with E-state index in [0.717, 1.165) is 42.0 Å². The summed E-state index contributed by atoms with van der Waals surface area (Å²) < 4.78 is 11.3. The van der Waals surface area contributed by atoms with Crippen molar-refractivity contribution in [3.05, 3.63) is 18.2 Å². The summed E-state index contributed by atoms with van der Waals surface area (Å²) in [4.78, 5) is 4.25. The molecule has 114 valence electrons. The van der Waals surface area contributed by atoms with Crippen LogP contribution in [0.15, 0.2) is 23.2 Å². The van der Waals surface area contributed by atoms with Gasteiger partial charge in [-0.2, -0.15) is 0 Å². The van der Waals surface area contributed by atoms with E-state index in [0.29, 0.717) is 13.2 Å². The number of fused-ring (bicyclic) bond motifs is 1. The Kier molecular flexibility index (Phi) is 4.48. The maximum atomic E-state index is 5.70. The summed E-state index contributed by atoms with van der Waals surface area (Å²) in [6.07, 6.45) is 4.91. The van der Waals surface area contributed by atoms with Gasteiger partial charge in [-0.3, -0.25) is 4.99 Å². The van der Waals surface area contributed by atoms with Crippen molar-refractivity contribution in [1.29, 1.82) is 0 Å². The number of benzene rings is 1. The first-order valence-corrected chi connectivity index (χ1v) is 7.72. The fraction of sp³-hybridized carbons (Fsp3) is 0.562. The maximum absolute atomic E-state index is 5.70. The number of nitrogens with zero attached hydrogens (tertiary/aromatic N) is 1. The molecule has 5 heteroatoms. The smallest absolute Gasteiger partial charge is 0.195 e. The number of aliphatic imine (C=N–C) groups is 1. The molecule has 0 unspecified atom stereocenters. The van der Waals surface area contributed by atoms with Crippen molar-refractivity contribution in [2.24, 2.45) is 10.9 Å². The summed E-state index contributed by atoms with van der Waals surface area (Å²) in [5, 5.41) is 6.65. The molecule has 1 aromatic rings. The molecule has 2 aliphatic rings. The molecule has 1 saturated carbocycles. The summed E-state index contributed by atoms with van der Waals surface area (Å²) in [6.45, 7) is 2.38. The zero-order valence-electron chi connectivity index (χ0n) is 12.5. The van der Waals surface area contributed by atoms with E-state index in [1.165, 1.54) is 19.3 Å². The quantitative estimate of drug-likeness (QED) is 0.661. The van der Waals surface area contributed by atoms with Gasteiger partial charge >= 0.3 is 0 Å². The number of anilines is 1. The van der Waals surface area contributed by atoms with Crippen LogP contribution in [-0.4, -0.2) is 32.8 Å². The molecule has 1 aromatic carbocycles. The fourth-order valence-electron chi connectivity index (χ4n) is 2.36. The molecule has 2 N–H and O–H groups in total. The molecular weight excluding hydrogens is 266 g/mol. The highest BCUT2D eigenvalue weighted by atomic mass is 16.5. The SMILES string of the molecule is CN=C(NCCC1CC1)Nc1ccc2c(c1)OCCCO2. The number of hydrogen-bond donors (Lipinski definition) is 2. The van der Waals surface area contributed by atoms with Crippen LogP contribution in [0.1, 0.15) is 25.7 Å². The van der Waals surface area contributed by atoms with E-state index >= 15 is 0 Å². The van der Waals surface area contributed by atoms with Crippen molar-refractivity contribution in [1.82, 2.24) is 5.32 Å². The Morgan fingerprint density at radius 2 is 2.05 bits per heavy atom. The first-order valence-electron chi connectivity index (χ1n) is 7.72. The van der Waals surface area contributed by atoms with Crippen molar-refractivity contribution < 1.29 is 9.47 Å². The average Bonchev–Trinajstić information content (AvgIpc) is 3.32. The molecule has 21 heavy (non-hydrogen) atoms. The van der Waals surface area contributed by atoms with Crippen LogP contribution in [0.2, 0.25) is 0 Å². The summed E-state index contributed by atoms with van der Waals surface area (Å²) in [7, 11) is 1.79. The van der Waals surface area contributed by atoms with E-state index < -0.39 is 0 Å². The minimum atomic E-state index is 0.699. The summed E-state index contributed by atoms with van der Waals surface area (Å²) in [5.74, 6) is 3.33. The van der Waals surface area contributed by atoms with Crippen molar-refractivity contribution >= 4 is 11.6 Å². The third-order valence-electron chi connectivity index (χ3n) is 3.78. The Hall–Kier alpha value is -1.91. The normalized spacial score (nSPS) is 18.0. The van der Waals surface area contributed by atoms with Crippen LogP contribution in [0.3, 0.4) is 0 Å². The average molecular weight is 289 g/mol. The van der Waals surface area contributed by atoms with E-state index in [-0.39, 0.29) is 0 Å². The maximum Gasteiger partial charge on any atom is 0.195 e. The number of ether oxygens (including phenoxy) is 2. The molecule has 1 heterocycles. The number of guanidine groups is 1. The van der Waals surface area contributed by atoms with Crippen LogP contribution >= 0.6 is 0 Å². The van der Waals surface area contributed by atoms with Crippen LogP contribution in [0, 0.1) is 5.92 Å². The van der Waals surface area contributed by atoms with Crippen molar-refractivity contribution in [2.45, 2.75) is 25.7 Å². The second-order valence-electron chi connectivity index (χ2n) is 5.57. The Balaban J connectivity index is 1.58. The molecule has 1 aliphatic carbocycles. The van der Waals surface area contributed by atoms with Crippen LogP contribution < -0.4 is 20.1 Å². The molecular formula is C16H23N3O2. The standard InChI is InChI=1S/C16H23N3O2/c1-17-16(18-8-7-12-3-4-12)19-13-5-6-14-15(11-13)21-10-2-9-20-14/h5-6,11-12H,2-4,7-10H2,1H3,(H2,17,18,19).